The van der Waals surface area contributed by atoms with Crippen LogP contribution in [-0.2, 0) is 17.8 Å². The Bertz CT molecular complexity index is 874. The van der Waals surface area contributed by atoms with Crippen molar-refractivity contribution in [3.63, 3.8) is 0 Å². The fourth-order valence-electron chi connectivity index (χ4n) is 2.69. The number of hydrogen-bond donors (Lipinski definition) is 1. The molecule has 3 rings (SSSR count). The van der Waals surface area contributed by atoms with Crippen LogP contribution < -0.4 is 10.1 Å². The van der Waals surface area contributed by atoms with Gasteiger partial charge in [0.05, 0.1) is 19.8 Å². The van der Waals surface area contributed by atoms with Crippen molar-refractivity contribution in [2.24, 2.45) is 0 Å². The second-order valence-corrected chi connectivity index (χ2v) is 5.66. The van der Waals surface area contributed by atoms with Crippen molar-refractivity contribution in [2.45, 2.75) is 20.0 Å². The molecular weight excluding hydrogens is 332 g/mol. The Hall–Kier alpha value is -2.93. The SMILES string of the molecule is CCOc1ccc(C(=O)NCc2nc3cccnc3n2CCOC)cc1. The first-order chi connectivity index (χ1) is 12.7. The number of amides is 1. The van der Waals surface area contributed by atoms with Gasteiger partial charge in [0, 0.05) is 25.4 Å². The predicted molar refractivity (Wildman–Crippen MR) is 98.2 cm³/mol. The number of hydrogen-bond acceptors (Lipinski definition) is 5. The molecule has 0 atom stereocenters. The molecule has 7 nitrogen and oxygen atoms in total. The van der Waals surface area contributed by atoms with Crippen molar-refractivity contribution in [3.05, 3.63) is 54.0 Å². The van der Waals surface area contributed by atoms with Gasteiger partial charge >= 0.3 is 0 Å². The molecule has 0 unspecified atom stereocenters. The van der Waals surface area contributed by atoms with E-state index >= 15 is 0 Å². The summed E-state index contributed by atoms with van der Waals surface area (Å²) in [5.41, 5.74) is 2.16. The lowest BCUT2D eigenvalue weighted by molar-refractivity contribution is 0.0949. The van der Waals surface area contributed by atoms with Crippen LogP contribution in [0.5, 0.6) is 5.75 Å². The number of carbonyl (C=O) groups is 1. The first-order valence-electron chi connectivity index (χ1n) is 8.53. The van der Waals surface area contributed by atoms with Crippen molar-refractivity contribution in [2.75, 3.05) is 20.3 Å². The van der Waals surface area contributed by atoms with E-state index in [1.165, 1.54) is 0 Å². The molecule has 2 aromatic heterocycles. The lowest BCUT2D eigenvalue weighted by atomic mass is 10.2. The van der Waals surface area contributed by atoms with Gasteiger partial charge in [0.25, 0.3) is 5.91 Å². The first kappa shape index (κ1) is 17.9. The highest BCUT2D eigenvalue weighted by Crippen LogP contribution is 2.15. The maximum absolute atomic E-state index is 12.4. The minimum Gasteiger partial charge on any atom is -0.494 e. The molecule has 136 valence electrons. The Morgan fingerprint density at radius 2 is 2.04 bits per heavy atom. The Balaban J connectivity index is 1.73. The molecule has 0 fully saturated rings. The third-order valence-corrected chi connectivity index (χ3v) is 3.94. The summed E-state index contributed by atoms with van der Waals surface area (Å²) in [6.07, 6.45) is 1.73. The van der Waals surface area contributed by atoms with Crippen molar-refractivity contribution in [3.8, 4) is 5.75 Å². The molecule has 0 saturated carbocycles. The van der Waals surface area contributed by atoms with Crippen LogP contribution in [0.2, 0.25) is 0 Å². The van der Waals surface area contributed by atoms with Gasteiger partial charge in [0.15, 0.2) is 5.65 Å². The van der Waals surface area contributed by atoms with Gasteiger partial charge in [-0.25, -0.2) is 9.97 Å². The lowest BCUT2D eigenvalue weighted by Crippen LogP contribution is -2.25. The number of benzene rings is 1. The molecule has 7 heteroatoms. The Morgan fingerprint density at radius 3 is 2.77 bits per heavy atom. The van der Waals surface area contributed by atoms with Crippen molar-refractivity contribution in [1.82, 2.24) is 19.9 Å². The number of imidazole rings is 1. The van der Waals surface area contributed by atoms with E-state index in [1.807, 2.05) is 23.6 Å². The normalized spacial score (nSPS) is 10.8. The third-order valence-electron chi connectivity index (χ3n) is 3.94. The van der Waals surface area contributed by atoms with Crippen molar-refractivity contribution in [1.29, 1.82) is 0 Å². The standard InChI is InChI=1S/C19H22N4O3/c1-3-26-15-8-6-14(7-9-15)19(24)21-13-17-22-16-5-4-10-20-18(16)23(17)11-12-25-2/h4-10H,3,11-13H2,1-2H3,(H,21,24). The van der Waals surface area contributed by atoms with Crippen LogP contribution in [0.4, 0.5) is 0 Å². The van der Waals surface area contributed by atoms with E-state index in [0.29, 0.717) is 31.9 Å². The van der Waals surface area contributed by atoms with E-state index in [-0.39, 0.29) is 5.91 Å². The third kappa shape index (κ3) is 4.00. The maximum Gasteiger partial charge on any atom is 0.251 e. The van der Waals surface area contributed by atoms with Gasteiger partial charge in [-0.2, -0.15) is 0 Å². The van der Waals surface area contributed by atoms with Gasteiger partial charge in [0.2, 0.25) is 0 Å². The number of nitrogens with zero attached hydrogens (tertiary/aromatic N) is 3. The van der Waals surface area contributed by atoms with Gasteiger partial charge in [-0.05, 0) is 43.3 Å². The summed E-state index contributed by atoms with van der Waals surface area (Å²) in [6.45, 7) is 3.99. The van der Waals surface area contributed by atoms with Gasteiger partial charge < -0.3 is 19.4 Å². The second kappa shape index (κ2) is 8.44. The molecule has 0 saturated heterocycles. The molecule has 1 aromatic carbocycles. The Kier molecular flexibility index (Phi) is 5.80. The fraction of sp³-hybridized carbons (Fsp3) is 0.316. The van der Waals surface area contributed by atoms with E-state index in [1.54, 1.807) is 37.6 Å². The van der Waals surface area contributed by atoms with Crippen LogP contribution in [0.15, 0.2) is 42.6 Å². The Morgan fingerprint density at radius 1 is 1.23 bits per heavy atom. The van der Waals surface area contributed by atoms with E-state index in [0.717, 1.165) is 22.7 Å². The number of pyridine rings is 1. The topological polar surface area (TPSA) is 78.3 Å². The zero-order valence-corrected chi connectivity index (χ0v) is 14.9. The number of methoxy groups -OCH3 is 1. The maximum atomic E-state index is 12.4. The molecule has 1 amide bonds. The Labute approximate surface area is 152 Å². The van der Waals surface area contributed by atoms with Gasteiger partial charge in [-0.15, -0.1) is 0 Å². The highest BCUT2D eigenvalue weighted by molar-refractivity contribution is 5.94. The van der Waals surface area contributed by atoms with Crippen LogP contribution in [0.25, 0.3) is 11.2 Å². The quantitative estimate of drug-likeness (QED) is 0.672. The summed E-state index contributed by atoms with van der Waals surface area (Å²) in [7, 11) is 1.65. The van der Waals surface area contributed by atoms with Crippen LogP contribution in [0.1, 0.15) is 23.1 Å². The zero-order chi connectivity index (χ0) is 18.4. The van der Waals surface area contributed by atoms with E-state index < -0.39 is 0 Å². The van der Waals surface area contributed by atoms with E-state index in [2.05, 4.69) is 15.3 Å². The number of rotatable bonds is 8. The minimum absolute atomic E-state index is 0.161. The largest absolute Gasteiger partial charge is 0.494 e. The summed E-state index contributed by atoms with van der Waals surface area (Å²) in [5.74, 6) is 1.33. The monoisotopic (exact) mass is 354 g/mol. The molecule has 0 spiro atoms. The molecule has 26 heavy (non-hydrogen) atoms. The number of ether oxygens (including phenoxy) is 2. The molecule has 0 bridgehead atoms. The molecule has 0 aliphatic heterocycles. The first-order valence-corrected chi connectivity index (χ1v) is 8.53. The summed E-state index contributed by atoms with van der Waals surface area (Å²) in [4.78, 5) is 21.4. The minimum atomic E-state index is -0.161. The smallest absolute Gasteiger partial charge is 0.251 e. The van der Waals surface area contributed by atoms with E-state index in [9.17, 15) is 4.79 Å². The van der Waals surface area contributed by atoms with Gasteiger partial charge in [0.1, 0.15) is 17.1 Å². The summed E-state index contributed by atoms with van der Waals surface area (Å²) in [5, 5.41) is 2.91. The summed E-state index contributed by atoms with van der Waals surface area (Å²) in [6, 6.07) is 10.8. The second-order valence-electron chi connectivity index (χ2n) is 5.66. The molecular formula is C19H22N4O3. The van der Waals surface area contributed by atoms with Crippen molar-refractivity contribution < 1.29 is 14.3 Å². The number of fused-ring (bicyclic) bond motifs is 1. The molecule has 0 aliphatic rings. The molecule has 0 aliphatic carbocycles. The summed E-state index contributed by atoms with van der Waals surface area (Å²) >= 11 is 0. The summed E-state index contributed by atoms with van der Waals surface area (Å²) < 4.78 is 12.5. The highest BCUT2D eigenvalue weighted by Gasteiger charge is 2.13. The number of carbonyl (C=O) groups excluding carboxylic acids is 1. The zero-order valence-electron chi connectivity index (χ0n) is 14.9. The van der Waals surface area contributed by atoms with Gasteiger partial charge in [-0.1, -0.05) is 0 Å². The number of aromatic nitrogens is 3. The van der Waals surface area contributed by atoms with Crippen LogP contribution in [0, 0.1) is 0 Å². The molecule has 2 heterocycles. The lowest BCUT2D eigenvalue weighted by Gasteiger charge is -2.09. The van der Waals surface area contributed by atoms with Crippen molar-refractivity contribution >= 4 is 17.1 Å². The molecule has 1 N–H and O–H groups in total. The highest BCUT2D eigenvalue weighted by atomic mass is 16.5. The molecule has 3 aromatic rings. The van der Waals surface area contributed by atoms with Crippen LogP contribution in [0.3, 0.4) is 0 Å². The fourth-order valence-corrected chi connectivity index (χ4v) is 2.69. The average molecular weight is 354 g/mol. The average Bonchev–Trinajstić information content (AvgIpc) is 3.03. The number of nitrogens with one attached hydrogen (secondary N) is 1. The van der Waals surface area contributed by atoms with E-state index in [4.69, 9.17) is 9.47 Å². The van der Waals surface area contributed by atoms with Crippen LogP contribution in [-0.4, -0.2) is 40.8 Å². The predicted octanol–water partition coefficient (Wildman–Crippen LogP) is 2.41. The van der Waals surface area contributed by atoms with Gasteiger partial charge in [-0.3, -0.25) is 4.79 Å². The van der Waals surface area contributed by atoms with Crippen LogP contribution >= 0.6 is 0 Å². The molecule has 0 radical (unpaired) electrons.